The molecule has 1 aliphatic rings. The molecule has 1 fully saturated rings. The number of anilines is 2. The lowest BCUT2D eigenvalue weighted by atomic mass is 9.91. The molecule has 0 radical (unpaired) electrons. The van der Waals surface area contributed by atoms with Crippen LogP contribution in [0.4, 0.5) is 11.8 Å². The van der Waals surface area contributed by atoms with Crippen LogP contribution < -0.4 is 15.5 Å². The number of hydrogen-bond acceptors (Lipinski definition) is 5. The number of fused-ring (bicyclic) bond motifs is 2. The smallest absolute Gasteiger partial charge is 0.253 e. The number of carbonyl (C=O) groups excluding carboxylic acids is 1. The first-order chi connectivity index (χ1) is 15.6. The van der Waals surface area contributed by atoms with Gasteiger partial charge in [-0.2, -0.15) is 4.98 Å². The van der Waals surface area contributed by atoms with Crippen molar-refractivity contribution in [2.24, 2.45) is 0 Å². The number of nitrogens with zero attached hydrogens (tertiary/aromatic N) is 3. The van der Waals surface area contributed by atoms with Crippen molar-refractivity contribution in [3.8, 4) is 0 Å². The molecule has 2 aromatic carbocycles. The molecule has 3 N–H and O–H groups in total. The lowest BCUT2D eigenvalue weighted by Gasteiger charge is -2.30. The number of rotatable bonds is 5. The van der Waals surface area contributed by atoms with Gasteiger partial charge in [0.15, 0.2) is 0 Å². The third-order valence-electron chi connectivity index (χ3n) is 6.24. The van der Waals surface area contributed by atoms with Gasteiger partial charge in [-0.15, -0.1) is 0 Å². The van der Waals surface area contributed by atoms with Gasteiger partial charge < -0.3 is 20.5 Å². The molecular weight excluding hydrogens is 400 g/mol. The Bertz CT molecular complexity index is 1260. The summed E-state index contributed by atoms with van der Waals surface area (Å²) in [7, 11) is 4.00. The maximum absolute atomic E-state index is 12.8. The highest BCUT2D eigenvalue weighted by Gasteiger charge is 2.24. The van der Waals surface area contributed by atoms with Gasteiger partial charge in [0.2, 0.25) is 5.95 Å². The minimum Gasteiger partial charge on any atom is -0.362 e. The van der Waals surface area contributed by atoms with Crippen LogP contribution in [0.15, 0.2) is 54.7 Å². The van der Waals surface area contributed by atoms with Crippen molar-refractivity contribution in [2.75, 3.05) is 24.3 Å². The predicted octanol–water partition coefficient (Wildman–Crippen LogP) is 4.33. The van der Waals surface area contributed by atoms with E-state index in [2.05, 4.69) is 21.7 Å². The van der Waals surface area contributed by atoms with E-state index in [0.717, 1.165) is 53.3 Å². The molecule has 0 unspecified atom stereocenters. The van der Waals surface area contributed by atoms with Crippen LogP contribution in [-0.4, -0.2) is 47.0 Å². The minimum absolute atomic E-state index is 0.00709. The monoisotopic (exact) mass is 428 g/mol. The van der Waals surface area contributed by atoms with E-state index in [1.165, 1.54) is 0 Å². The Morgan fingerprint density at radius 3 is 2.41 bits per heavy atom. The zero-order valence-electron chi connectivity index (χ0n) is 18.4. The lowest BCUT2D eigenvalue weighted by molar-refractivity contribution is 0.0928. The van der Waals surface area contributed by atoms with Crippen molar-refractivity contribution in [3.63, 3.8) is 0 Å². The highest BCUT2D eigenvalue weighted by molar-refractivity contribution is 6.06. The standard InChI is InChI=1S/C25H28N6O/c1-31(2)23-19-8-4-6-10-22(19)29-25(30-23)28-17-13-11-16(12-14-17)27-24(32)20-15-26-21-9-5-3-7-18(20)21/h3-10,15-17,26H,11-14H2,1-2H3,(H,27,32)(H,28,29,30)/t16-,17+. The van der Waals surface area contributed by atoms with E-state index in [-0.39, 0.29) is 11.9 Å². The number of aromatic amines is 1. The molecule has 0 saturated heterocycles. The molecule has 0 atom stereocenters. The molecular formula is C25H28N6O. The topological polar surface area (TPSA) is 85.9 Å². The van der Waals surface area contributed by atoms with Crippen LogP contribution >= 0.6 is 0 Å². The summed E-state index contributed by atoms with van der Waals surface area (Å²) in [5, 5.41) is 8.76. The fraction of sp³-hybridized carbons (Fsp3) is 0.320. The summed E-state index contributed by atoms with van der Waals surface area (Å²) in [6.07, 6.45) is 5.59. The summed E-state index contributed by atoms with van der Waals surface area (Å²) in [6.45, 7) is 0. The number of para-hydroxylation sites is 2. The molecule has 5 rings (SSSR count). The normalized spacial score (nSPS) is 18.6. The molecule has 164 valence electrons. The van der Waals surface area contributed by atoms with Crippen LogP contribution in [0.5, 0.6) is 0 Å². The van der Waals surface area contributed by atoms with Crippen molar-refractivity contribution in [1.82, 2.24) is 20.3 Å². The summed E-state index contributed by atoms with van der Waals surface area (Å²) in [6, 6.07) is 16.5. The molecule has 2 heterocycles. The Morgan fingerprint density at radius 1 is 0.938 bits per heavy atom. The quantitative estimate of drug-likeness (QED) is 0.441. The number of aromatic nitrogens is 3. The summed E-state index contributed by atoms with van der Waals surface area (Å²) in [4.78, 5) is 27.5. The molecule has 1 aliphatic carbocycles. The van der Waals surface area contributed by atoms with Gasteiger partial charge in [-0.05, 0) is 43.9 Å². The van der Waals surface area contributed by atoms with Gasteiger partial charge in [-0.25, -0.2) is 4.98 Å². The SMILES string of the molecule is CN(C)c1nc(N[C@H]2CC[C@@H](NC(=O)c3c[nH]c4ccccc34)CC2)nc2ccccc12. The van der Waals surface area contributed by atoms with Crippen LogP contribution in [0, 0.1) is 0 Å². The van der Waals surface area contributed by atoms with Gasteiger partial charge in [0.25, 0.3) is 5.91 Å². The second kappa shape index (κ2) is 8.49. The molecule has 7 heteroatoms. The molecule has 1 amide bonds. The van der Waals surface area contributed by atoms with Gasteiger partial charge in [0.1, 0.15) is 5.82 Å². The Morgan fingerprint density at radius 2 is 1.62 bits per heavy atom. The van der Waals surface area contributed by atoms with E-state index in [1.54, 1.807) is 6.20 Å². The third kappa shape index (κ3) is 3.98. The molecule has 1 saturated carbocycles. The van der Waals surface area contributed by atoms with E-state index < -0.39 is 0 Å². The first kappa shape index (κ1) is 20.3. The molecule has 0 bridgehead atoms. The van der Waals surface area contributed by atoms with Crippen LogP contribution in [0.3, 0.4) is 0 Å². The molecule has 7 nitrogen and oxygen atoms in total. The zero-order chi connectivity index (χ0) is 22.1. The van der Waals surface area contributed by atoms with Crippen molar-refractivity contribution in [1.29, 1.82) is 0 Å². The van der Waals surface area contributed by atoms with Crippen LogP contribution in [0.2, 0.25) is 0 Å². The fourth-order valence-electron chi connectivity index (χ4n) is 4.55. The van der Waals surface area contributed by atoms with Crippen LogP contribution in [0.25, 0.3) is 21.8 Å². The van der Waals surface area contributed by atoms with E-state index in [0.29, 0.717) is 17.6 Å². The highest BCUT2D eigenvalue weighted by Crippen LogP contribution is 2.27. The number of amides is 1. The number of nitrogens with one attached hydrogen (secondary N) is 3. The Kier molecular flexibility index (Phi) is 5.39. The zero-order valence-corrected chi connectivity index (χ0v) is 18.4. The van der Waals surface area contributed by atoms with Crippen molar-refractivity contribution in [2.45, 2.75) is 37.8 Å². The molecule has 2 aromatic heterocycles. The average molecular weight is 429 g/mol. The molecule has 4 aromatic rings. The predicted molar refractivity (Wildman–Crippen MR) is 129 cm³/mol. The highest BCUT2D eigenvalue weighted by atomic mass is 16.1. The number of hydrogen-bond donors (Lipinski definition) is 3. The first-order valence-electron chi connectivity index (χ1n) is 11.2. The first-order valence-corrected chi connectivity index (χ1v) is 11.2. The summed E-state index contributed by atoms with van der Waals surface area (Å²) < 4.78 is 0. The average Bonchev–Trinajstić information content (AvgIpc) is 3.24. The van der Waals surface area contributed by atoms with E-state index in [4.69, 9.17) is 9.97 Å². The van der Waals surface area contributed by atoms with Gasteiger partial charge >= 0.3 is 0 Å². The Hall–Kier alpha value is -3.61. The van der Waals surface area contributed by atoms with Crippen molar-refractivity contribution < 1.29 is 4.79 Å². The van der Waals surface area contributed by atoms with Gasteiger partial charge in [-0.3, -0.25) is 4.79 Å². The summed E-state index contributed by atoms with van der Waals surface area (Å²) in [5.74, 6) is 1.57. The maximum Gasteiger partial charge on any atom is 0.253 e. The van der Waals surface area contributed by atoms with Gasteiger partial charge in [-0.1, -0.05) is 30.3 Å². The van der Waals surface area contributed by atoms with E-state index in [1.807, 2.05) is 61.5 Å². The third-order valence-corrected chi connectivity index (χ3v) is 6.24. The van der Waals surface area contributed by atoms with Gasteiger partial charge in [0.05, 0.1) is 11.1 Å². The van der Waals surface area contributed by atoms with Crippen molar-refractivity contribution in [3.05, 3.63) is 60.3 Å². The molecule has 32 heavy (non-hydrogen) atoms. The number of benzene rings is 2. The summed E-state index contributed by atoms with van der Waals surface area (Å²) in [5.41, 5.74) is 2.63. The Balaban J connectivity index is 1.22. The number of carbonyl (C=O) groups is 1. The summed E-state index contributed by atoms with van der Waals surface area (Å²) >= 11 is 0. The second-order valence-electron chi connectivity index (χ2n) is 8.70. The molecule has 0 spiro atoms. The van der Waals surface area contributed by atoms with E-state index >= 15 is 0 Å². The van der Waals surface area contributed by atoms with Crippen LogP contribution in [-0.2, 0) is 0 Å². The van der Waals surface area contributed by atoms with Gasteiger partial charge in [0, 0.05) is 48.7 Å². The Labute approximate surface area is 187 Å². The second-order valence-corrected chi connectivity index (χ2v) is 8.70. The van der Waals surface area contributed by atoms with Crippen LogP contribution in [0.1, 0.15) is 36.0 Å². The minimum atomic E-state index is -0.00709. The number of H-pyrrole nitrogens is 1. The maximum atomic E-state index is 12.8. The fourth-order valence-corrected chi connectivity index (χ4v) is 4.55. The lowest BCUT2D eigenvalue weighted by Crippen LogP contribution is -2.40. The largest absolute Gasteiger partial charge is 0.362 e. The van der Waals surface area contributed by atoms with E-state index in [9.17, 15) is 4.79 Å². The van der Waals surface area contributed by atoms with Crippen molar-refractivity contribution >= 4 is 39.5 Å². The molecule has 0 aliphatic heterocycles.